The predicted octanol–water partition coefficient (Wildman–Crippen LogP) is 6.58. The molecule has 2 saturated carbocycles. The van der Waals surface area contributed by atoms with E-state index in [9.17, 15) is 14.4 Å². The number of benzene rings is 1. The molecule has 204 valence electrons. The molecule has 0 N–H and O–H groups in total. The maximum Gasteiger partial charge on any atom is 0.338 e. The average Bonchev–Trinajstić information content (AvgIpc) is 3.13. The number of hydrogen-bond acceptors (Lipinski definition) is 5. The van der Waals surface area contributed by atoms with Gasteiger partial charge >= 0.3 is 11.9 Å². The van der Waals surface area contributed by atoms with Gasteiger partial charge in [0.25, 0.3) is 0 Å². The fraction of sp³-hybridized carbons (Fsp3) is 0.606. The maximum absolute atomic E-state index is 13.6. The summed E-state index contributed by atoms with van der Waals surface area (Å²) < 4.78 is 13.0. The SMILES string of the molecule is CC1=C[C@@H]2[C@](C)([C@H](C)[C@@H](OC(=O)c3ccccc3)[C@@]3(OC(=O)C(C)C)C(C)(C)[C@@]23C)[C@@H]2C=C(C)C(=O)[C@@H]2C1. The van der Waals surface area contributed by atoms with Crippen molar-refractivity contribution < 1.29 is 23.9 Å². The van der Waals surface area contributed by atoms with Crippen molar-refractivity contribution in [1.29, 1.82) is 0 Å². The summed E-state index contributed by atoms with van der Waals surface area (Å²) in [6, 6.07) is 9.00. The Bertz CT molecular complexity index is 1260. The van der Waals surface area contributed by atoms with Crippen LogP contribution < -0.4 is 0 Å². The molecule has 4 aliphatic rings. The van der Waals surface area contributed by atoms with E-state index in [1.807, 2.05) is 39.0 Å². The van der Waals surface area contributed by atoms with Crippen LogP contribution in [0.2, 0.25) is 0 Å². The third-order valence-electron chi connectivity index (χ3n) is 11.3. The van der Waals surface area contributed by atoms with E-state index in [1.54, 1.807) is 12.1 Å². The molecule has 0 bridgehead atoms. The molecule has 0 amide bonds. The summed E-state index contributed by atoms with van der Waals surface area (Å²) in [4.78, 5) is 40.2. The van der Waals surface area contributed by atoms with Crippen LogP contribution in [0.4, 0.5) is 0 Å². The summed E-state index contributed by atoms with van der Waals surface area (Å²) in [5, 5.41) is 0. The first-order valence-electron chi connectivity index (χ1n) is 14.0. The zero-order valence-electron chi connectivity index (χ0n) is 24.3. The van der Waals surface area contributed by atoms with Crippen LogP contribution >= 0.6 is 0 Å². The Labute approximate surface area is 227 Å². The van der Waals surface area contributed by atoms with Crippen LogP contribution in [0.5, 0.6) is 0 Å². The first-order valence-corrected chi connectivity index (χ1v) is 14.0. The lowest BCUT2D eigenvalue weighted by molar-refractivity contribution is -0.197. The van der Waals surface area contributed by atoms with E-state index in [-0.39, 0.29) is 41.3 Å². The second kappa shape index (κ2) is 8.40. The Morgan fingerprint density at radius 3 is 2.24 bits per heavy atom. The molecule has 5 nitrogen and oxygen atoms in total. The smallest absolute Gasteiger partial charge is 0.338 e. The molecule has 0 unspecified atom stereocenters. The highest BCUT2D eigenvalue weighted by atomic mass is 16.6. The van der Waals surface area contributed by atoms with E-state index in [4.69, 9.17) is 9.47 Å². The molecule has 5 rings (SSSR count). The average molecular weight is 519 g/mol. The van der Waals surface area contributed by atoms with E-state index in [0.717, 1.165) is 12.0 Å². The first-order chi connectivity index (χ1) is 17.7. The Balaban J connectivity index is 1.71. The van der Waals surface area contributed by atoms with Gasteiger partial charge < -0.3 is 9.47 Å². The largest absolute Gasteiger partial charge is 0.454 e. The maximum atomic E-state index is 13.6. The Morgan fingerprint density at radius 2 is 1.63 bits per heavy atom. The highest BCUT2D eigenvalue weighted by Crippen LogP contribution is 2.86. The van der Waals surface area contributed by atoms with Crippen molar-refractivity contribution in [3.63, 3.8) is 0 Å². The number of allylic oxidation sites excluding steroid dienone is 4. The van der Waals surface area contributed by atoms with Crippen LogP contribution in [0.15, 0.2) is 53.6 Å². The van der Waals surface area contributed by atoms with E-state index in [0.29, 0.717) is 5.56 Å². The summed E-state index contributed by atoms with van der Waals surface area (Å²) in [5.41, 5.74) is 0.130. The fourth-order valence-corrected chi connectivity index (χ4v) is 8.80. The summed E-state index contributed by atoms with van der Waals surface area (Å²) in [6.45, 7) is 18.6. The monoisotopic (exact) mass is 518 g/mol. The van der Waals surface area contributed by atoms with Crippen LogP contribution in [0.25, 0.3) is 0 Å². The molecule has 0 aromatic heterocycles. The van der Waals surface area contributed by atoms with Crippen molar-refractivity contribution in [2.75, 3.05) is 0 Å². The van der Waals surface area contributed by atoms with Gasteiger partial charge in [-0.25, -0.2) is 4.79 Å². The molecule has 5 heteroatoms. The number of carbonyl (C=O) groups is 3. The number of Topliss-reactive ketones (excluding diaryl/α,β-unsaturated/α-hetero) is 1. The topological polar surface area (TPSA) is 69.7 Å². The molecule has 1 aromatic carbocycles. The van der Waals surface area contributed by atoms with Gasteiger partial charge in [-0.15, -0.1) is 0 Å². The van der Waals surface area contributed by atoms with Gasteiger partial charge in [0.05, 0.1) is 11.5 Å². The summed E-state index contributed by atoms with van der Waals surface area (Å²) >= 11 is 0. The van der Waals surface area contributed by atoms with Gasteiger partial charge in [0.2, 0.25) is 0 Å². The van der Waals surface area contributed by atoms with Crippen molar-refractivity contribution in [2.45, 2.75) is 80.4 Å². The number of ether oxygens (including phenoxy) is 2. The van der Waals surface area contributed by atoms with Crippen LogP contribution in [0, 0.1) is 45.8 Å². The van der Waals surface area contributed by atoms with Crippen LogP contribution in [0.1, 0.15) is 79.1 Å². The van der Waals surface area contributed by atoms with E-state index in [1.165, 1.54) is 5.57 Å². The number of rotatable bonds is 4. The Morgan fingerprint density at radius 1 is 1.00 bits per heavy atom. The van der Waals surface area contributed by atoms with Gasteiger partial charge in [-0.3, -0.25) is 9.59 Å². The molecule has 0 saturated heterocycles. The van der Waals surface area contributed by atoms with Crippen LogP contribution in [-0.2, 0) is 19.1 Å². The second-order valence-electron chi connectivity index (χ2n) is 13.5. The normalized spacial score (nSPS) is 40.7. The van der Waals surface area contributed by atoms with Crippen molar-refractivity contribution in [3.05, 3.63) is 59.2 Å². The summed E-state index contributed by atoms with van der Waals surface area (Å²) in [6.07, 6.45) is 4.58. The standard InChI is InChI=1S/C33H42O5/c1-18(2)28(35)38-33-27(37-29(36)22-13-11-10-12-14-22)21(5)31(8)24-17-20(4)26(34)23(24)15-19(3)16-25(31)32(33,9)30(33,6)7/h10-14,16-18,21,23-25,27H,15H2,1-9H3/t21-,23-,24-,25-,27-,31-,32-,33-/m1/s1. The number of esters is 2. The highest BCUT2D eigenvalue weighted by molar-refractivity contribution is 5.99. The Hall–Kier alpha value is -2.69. The molecule has 0 radical (unpaired) electrons. The van der Waals surface area contributed by atoms with Gasteiger partial charge in [-0.2, -0.15) is 0 Å². The minimum Gasteiger partial charge on any atom is -0.454 e. The molecule has 8 atom stereocenters. The van der Waals surface area contributed by atoms with Gasteiger partial charge in [0.15, 0.2) is 11.4 Å². The predicted molar refractivity (Wildman–Crippen MR) is 146 cm³/mol. The Kier molecular flexibility index (Phi) is 5.95. The van der Waals surface area contributed by atoms with Crippen molar-refractivity contribution in [2.24, 2.45) is 45.8 Å². The number of ketones is 1. The molecule has 0 heterocycles. The van der Waals surface area contributed by atoms with Gasteiger partial charge in [-0.05, 0) is 55.2 Å². The van der Waals surface area contributed by atoms with Gasteiger partial charge in [0, 0.05) is 22.7 Å². The lowest BCUT2D eigenvalue weighted by Crippen LogP contribution is -2.61. The third-order valence-corrected chi connectivity index (χ3v) is 11.3. The highest BCUT2D eigenvalue weighted by Gasteiger charge is 2.93. The quantitative estimate of drug-likeness (QED) is 0.333. The van der Waals surface area contributed by atoms with Crippen LogP contribution in [0.3, 0.4) is 0 Å². The van der Waals surface area contributed by atoms with E-state index < -0.39 is 33.9 Å². The minimum atomic E-state index is -0.993. The molecule has 0 spiro atoms. The minimum absolute atomic E-state index is 0.00801. The molecule has 2 fully saturated rings. The second-order valence-corrected chi connectivity index (χ2v) is 13.5. The molecule has 4 aliphatic carbocycles. The number of carbonyl (C=O) groups excluding carboxylic acids is 3. The zero-order valence-corrected chi connectivity index (χ0v) is 24.3. The number of hydrogen-bond donors (Lipinski definition) is 0. The molecular formula is C33H42O5. The summed E-state index contributed by atoms with van der Waals surface area (Å²) in [5.74, 6) is -1.06. The first kappa shape index (κ1) is 26.9. The molecule has 1 aromatic rings. The van der Waals surface area contributed by atoms with Crippen molar-refractivity contribution >= 4 is 17.7 Å². The lowest BCUT2D eigenvalue weighted by atomic mass is 9.50. The molecule has 0 aliphatic heterocycles. The van der Waals surface area contributed by atoms with Gasteiger partial charge in [-0.1, -0.05) is 84.4 Å². The van der Waals surface area contributed by atoms with Gasteiger partial charge in [0.1, 0.15) is 6.10 Å². The van der Waals surface area contributed by atoms with Crippen LogP contribution in [-0.4, -0.2) is 29.4 Å². The zero-order chi connectivity index (χ0) is 28.0. The number of fused-ring (bicyclic) bond motifs is 5. The lowest BCUT2D eigenvalue weighted by Gasteiger charge is -2.56. The van der Waals surface area contributed by atoms with E-state index >= 15 is 0 Å². The summed E-state index contributed by atoms with van der Waals surface area (Å²) in [7, 11) is 0. The molecule has 38 heavy (non-hydrogen) atoms. The van der Waals surface area contributed by atoms with Crippen molar-refractivity contribution in [3.8, 4) is 0 Å². The van der Waals surface area contributed by atoms with E-state index in [2.05, 4.69) is 53.7 Å². The molecular weight excluding hydrogens is 476 g/mol. The fourth-order valence-electron chi connectivity index (χ4n) is 8.80. The third kappa shape index (κ3) is 3.14. The van der Waals surface area contributed by atoms with Crippen molar-refractivity contribution in [1.82, 2.24) is 0 Å².